The third kappa shape index (κ3) is 6.01. The van der Waals surface area contributed by atoms with Crippen LogP contribution < -0.4 is 0 Å². The maximum atomic E-state index is 14.6. The first-order valence-corrected chi connectivity index (χ1v) is 15.0. The second-order valence-electron chi connectivity index (χ2n) is 12.9. The zero-order valence-electron chi connectivity index (χ0n) is 24.0. The van der Waals surface area contributed by atoms with Crippen LogP contribution in [0.2, 0.25) is 0 Å². The number of amides is 2. The lowest BCUT2D eigenvalue weighted by atomic mass is 9.71. The number of carbonyl (C=O) groups excluding carboxylic acids is 3. The van der Waals surface area contributed by atoms with Crippen molar-refractivity contribution >= 4 is 29.5 Å². The maximum absolute atomic E-state index is 14.6. The molecule has 3 fully saturated rings. The Balaban J connectivity index is 1.98. The quantitative estimate of drug-likeness (QED) is 0.194. The average molecular weight is 549 g/mol. The number of fused-ring (bicyclic) bond motifs is 1. The molecule has 2 amide bonds. The van der Waals surface area contributed by atoms with Crippen LogP contribution in [0.15, 0.2) is 25.3 Å². The molecule has 8 heteroatoms. The number of esters is 1. The van der Waals surface area contributed by atoms with Gasteiger partial charge in [0.15, 0.2) is 0 Å². The molecule has 2 unspecified atom stereocenters. The fraction of sp³-hybridized carbons (Fsp3) is 0.767. The molecule has 0 aliphatic carbocycles. The van der Waals surface area contributed by atoms with Gasteiger partial charge in [-0.05, 0) is 64.2 Å². The topological polar surface area (TPSA) is 87.1 Å². The molecule has 3 saturated heterocycles. The zero-order chi connectivity index (χ0) is 28.3. The van der Waals surface area contributed by atoms with Gasteiger partial charge in [-0.1, -0.05) is 32.9 Å². The number of carbonyl (C=O) groups is 3. The average Bonchev–Trinajstić information content (AvgIpc) is 3.46. The number of likely N-dealkylation sites (tertiary alicyclic amines) is 1. The van der Waals surface area contributed by atoms with E-state index in [1.807, 2.05) is 4.90 Å². The minimum absolute atomic E-state index is 0.00263. The van der Waals surface area contributed by atoms with Gasteiger partial charge < -0.3 is 19.6 Å². The van der Waals surface area contributed by atoms with Crippen LogP contribution in [0.4, 0.5) is 0 Å². The smallest absolute Gasteiger partial charge is 0.310 e. The van der Waals surface area contributed by atoms with E-state index in [4.69, 9.17) is 4.74 Å². The first-order chi connectivity index (χ1) is 17.8. The molecule has 5 atom stereocenters. The summed E-state index contributed by atoms with van der Waals surface area (Å²) in [4.78, 5) is 45.6. The minimum Gasteiger partial charge on any atom is -0.465 e. The summed E-state index contributed by atoms with van der Waals surface area (Å²) >= 11 is 1.67. The molecule has 0 saturated carbocycles. The van der Waals surface area contributed by atoms with Gasteiger partial charge in [0.25, 0.3) is 0 Å². The van der Waals surface area contributed by atoms with Crippen LogP contribution in [-0.4, -0.2) is 80.6 Å². The van der Waals surface area contributed by atoms with E-state index in [0.29, 0.717) is 39.0 Å². The molecule has 38 heavy (non-hydrogen) atoms. The Morgan fingerprint density at radius 1 is 1.18 bits per heavy atom. The Bertz CT molecular complexity index is 913. The van der Waals surface area contributed by atoms with Crippen LogP contribution in [0.5, 0.6) is 0 Å². The second-order valence-corrected chi connectivity index (χ2v) is 14.5. The van der Waals surface area contributed by atoms with Crippen molar-refractivity contribution < 1.29 is 24.2 Å². The van der Waals surface area contributed by atoms with Crippen LogP contribution >= 0.6 is 11.8 Å². The molecule has 3 heterocycles. The van der Waals surface area contributed by atoms with Gasteiger partial charge in [-0.2, -0.15) is 0 Å². The molecule has 3 rings (SSSR count). The van der Waals surface area contributed by atoms with Crippen LogP contribution in [0, 0.1) is 17.3 Å². The number of thioether (sulfide) groups is 1. The molecular weight excluding hydrogens is 500 g/mol. The summed E-state index contributed by atoms with van der Waals surface area (Å²) in [6, 6.07) is -0.647. The third-order valence-corrected chi connectivity index (χ3v) is 10.1. The number of hydrogen-bond donors (Lipinski definition) is 1. The van der Waals surface area contributed by atoms with Gasteiger partial charge in [-0.15, -0.1) is 24.9 Å². The number of aliphatic hydroxyl groups is 1. The number of unbranched alkanes of at least 4 members (excludes halogenated alkanes) is 2. The molecule has 0 radical (unpaired) electrons. The fourth-order valence-corrected chi connectivity index (χ4v) is 9.34. The Hall–Kier alpha value is -1.80. The highest BCUT2D eigenvalue weighted by Crippen LogP contribution is 2.66. The van der Waals surface area contributed by atoms with Crippen molar-refractivity contribution in [1.82, 2.24) is 9.80 Å². The first-order valence-electron chi connectivity index (χ1n) is 14.1. The predicted octanol–water partition coefficient (Wildman–Crippen LogP) is 4.59. The Kier molecular flexibility index (Phi) is 9.83. The van der Waals surface area contributed by atoms with Gasteiger partial charge in [0.2, 0.25) is 11.8 Å². The standard InChI is InChI=1S/C30H48N2O5S/c1-8-10-13-19-37-27(36)22-21-14-15-30(38-21)23(22)25(34)31(17-11-12-18-33)24(30)26(35)32(16-9-2)29(6,7)20-28(3,4)5/h8-9,21-24,33H,1-2,10-20H2,3-7H3/t21-,22+,23+,24?,30?/m1/s1. The number of ether oxygens (including phenoxy) is 1. The number of hydrogen-bond acceptors (Lipinski definition) is 6. The predicted molar refractivity (Wildman–Crippen MR) is 153 cm³/mol. The summed E-state index contributed by atoms with van der Waals surface area (Å²) in [6.45, 7) is 19.4. The fourth-order valence-electron chi connectivity index (χ4n) is 7.14. The van der Waals surface area contributed by atoms with E-state index in [-0.39, 0.29) is 35.1 Å². The molecule has 0 aromatic carbocycles. The molecule has 1 spiro atoms. The van der Waals surface area contributed by atoms with Gasteiger partial charge in [0.1, 0.15) is 6.04 Å². The van der Waals surface area contributed by atoms with Crippen LogP contribution in [0.1, 0.15) is 79.6 Å². The van der Waals surface area contributed by atoms with E-state index in [0.717, 1.165) is 25.7 Å². The van der Waals surface area contributed by atoms with E-state index in [2.05, 4.69) is 47.8 Å². The van der Waals surface area contributed by atoms with E-state index in [1.165, 1.54) is 0 Å². The third-order valence-electron chi connectivity index (χ3n) is 8.18. The van der Waals surface area contributed by atoms with Crippen molar-refractivity contribution in [2.45, 2.75) is 101 Å². The number of aliphatic hydroxyl groups excluding tert-OH is 1. The van der Waals surface area contributed by atoms with Gasteiger partial charge in [0.05, 0.1) is 23.2 Å². The van der Waals surface area contributed by atoms with Crippen LogP contribution in [-0.2, 0) is 19.1 Å². The van der Waals surface area contributed by atoms with Gasteiger partial charge >= 0.3 is 5.97 Å². The summed E-state index contributed by atoms with van der Waals surface area (Å²) in [5.74, 6) is -1.58. The Labute approximate surface area is 233 Å². The van der Waals surface area contributed by atoms with E-state index in [1.54, 1.807) is 28.8 Å². The zero-order valence-corrected chi connectivity index (χ0v) is 24.9. The van der Waals surface area contributed by atoms with Crippen LogP contribution in [0.3, 0.4) is 0 Å². The lowest BCUT2D eigenvalue weighted by Crippen LogP contribution is -2.60. The number of allylic oxidation sites excluding steroid dienone is 1. The van der Waals surface area contributed by atoms with Gasteiger partial charge in [0, 0.05) is 30.5 Å². The monoisotopic (exact) mass is 548 g/mol. The van der Waals surface area contributed by atoms with Crippen molar-refractivity contribution in [2.75, 3.05) is 26.3 Å². The molecule has 0 aromatic rings. The molecule has 3 aliphatic heterocycles. The summed E-state index contributed by atoms with van der Waals surface area (Å²) in [7, 11) is 0. The van der Waals surface area contributed by atoms with E-state index in [9.17, 15) is 19.5 Å². The molecule has 214 valence electrons. The van der Waals surface area contributed by atoms with E-state index >= 15 is 0 Å². The van der Waals surface area contributed by atoms with Crippen molar-refractivity contribution in [3.8, 4) is 0 Å². The highest BCUT2D eigenvalue weighted by atomic mass is 32.2. The lowest BCUT2D eigenvalue weighted by molar-refractivity contribution is -0.154. The Morgan fingerprint density at radius 3 is 2.50 bits per heavy atom. The van der Waals surface area contributed by atoms with Crippen molar-refractivity contribution in [1.29, 1.82) is 0 Å². The molecule has 7 nitrogen and oxygen atoms in total. The van der Waals surface area contributed by atoms with E-state index < -0.39 is 28.2 Å². The second kappa shape index (κ2) is 12.2. The Morgan fingerprint density at radius 2 is 1.89 bits per heavy atom. The lowest BCUT2D eigenvalue weighted by Gasteiger charge is -2.46. The normalized spacial score (nSPS) is 28.4. The summed E-state index contributed by atoms with van der Waals surface area (Å²) in [5, 5.41) is 9.38. The maximum Gasteiger partial charge on any atom is 0.310 e. The highest BCUT2D eigenvalue weighted by molar-refractivity contribution is 8.02. The van der Waals surface area contributed by atoms with Gasteiger partial charge in [-0.25, -0.2) is 0 Å². The summed E-state index contributed by atoms with van der Waals surface area (Å²) in [6.07, 6.45) is 8.50. The molecule has 1 N–H and O–H groups in total. The van der Waals surface area contributed by atoms with Crippen molar-refractivity contribution in [3.05, 3.63) is 25.3 Å². The first kappa shape index (κ1) is 30.7. The molecule has 0 aromatic heterocycles. The highest BCUT2D eigenvalue weighted by Gasteiger charge is 2.74. The minimum atomic E-state index is -0.647. The van der Waals surface area contributed by atoms with Gasteiger partial charge in [-0.3, -0.25) is 14.4 Å². The van der Waals surface area contributed by atoms with Crippen molar-refractivity contribution in [3.63, 3.8) is 0 Å². The largest absolute Gasteiger partial charge is 0.465 e. The molecular formula is C30H48N2O5S. The number of nitrogens with zero attached hydrogens (tertiary/aromatic N) is 2. The SMILES string of the molecule is C=CCCCOC(=O)[C@@H]1[C@H]2C(=O)N(CCCCO)C(C(=O)N(CC=C)C(C)(C)CC(C)(C)C)C23CC[C@H]1S3. The molecule has 3 aliphatic rings. The van der Waals surface area contributed by atoms with Crippen molar-refractivity contribution in [2.24, 2.45) is 17.3 Å². The summed E-state index contributed by atoms with van der Waals surface area (Å²) < 4.78 is 5.01. The summed E-state index contributed by atoms with van der Waals surface area (Å²) in [5.41, 5.74) is -0.458. The number of rotatable bonds is 14. The van der Waals surface area contributed by atoms with Crippen LogP contribution in [0.25, 0.3) is 0 Å². The molecule has 2 bridgehead atoms.